The highest BCUT2D eigenvalue weighted by atomic mass is 32.2. The minimum absolute atomic E-state index is 0.374. The fourth-order valence-corrected chi connectivity index (χ4v) is 4.23. The number of fused-ring (bicyclic) bond motifs is 1. The molecule has 116 valence electrons. The molecule has 2 unspecified atom stereocenters. The second-order valence-electron chi connectivity index (χ2n) is 5.99. The third-order valence-corrected chi connectivity index (χ3v) is 5.36. The summed E-state index contributed by atoms with van der Waals surface area (Å²) in [6.45, 7) is 5.39. The minimum atomic E-state index is -2.36. The summed E-state index contributed by atoms with van der Waals surface area (Å²) >= 11 is 0.661. The van der Waals surface area contributed by atoms with Gasteiger partial charge >= 0.3 is 0 Å². The molecule has 0 amide bonds. The summed E-state index contributed by atoms with van der Waals surface area (Å²) in [7, 11) is 0. The van der Waals surface area contributed by atoms with Gasteiger partial charge in [-0.25, -0.2) is 0 Å². The molecule has 2 heterocycles. The predicted octanol–water partition coefficient (Wildman–Crippen LogP) is 4.06. The topological polar surface area (TPSA) is 6.48 Å². The molecule has 5 heteroatoms. The highest BCUT2D eigenvalue weighted by Crippen LogP contribution is 2.37. The SMILES string of the molecule is CC1CN2CCCCC2CN1c1ccccc1SC(F)F. The molecule has 0 aliphatic carbocycles. The van der Waals surface area contributed by atoms with Crippen molar-refractivity contribution in [2.24, 2.45) is 0 Å². The van der Waals surface area contributed by atoms with Gasteiger partial charge in [0.05, 0.1) is 5.69 Å². The van der Waals surface area contributed by atoms with Crippen molar-refractivity contribution in [3.8, 4) is 0 Å². The molecule has 0 N–H and O–H groups in total. The van der Waals surface area contributed by atoms with Crippen molar-refractivity contribution in [1.82, 2.24) is 4.90 Å². The summed E-state index contributed by atoms with van der Waals surface area (Å²) in [5.41, 5.74) is 0.973. The monoisotopic (exact) mass is 312 g/mol. The molecule has 1 aromatic carbocycles. The lowest BCUT2D eigenvalue weighted by atomic mass is 9.96. The van der Waals surface area contributed by atoms with E-state index in [-0.39, 0.29) is 0 Å². The van der Waals surface area contributed by atoms with E-state index in [9.17, 15) is 8.78 Å². The van der Waals surface area contributed by atoms with E-state index in [1.54, 1.807) is 0 Å². The molecule has 2 nitrogen and oxygen atoms in total. The Morgan fingerprint density at radius 3 is 2.81 bits per heavy atom. The Morgan fingerprint density at radius 1 is 1.19 bits per heavy atom. The van der Waals surface area contributed by atoms with Crippen molar-refractivity contribution in [1.29, 1.82) is 0 Å². The number of hydrogen-bond acceptors (Lipinski definition) is 3. The number of nitrogens with zero attached hydrogens (tertiary/aromatic N) is 2. The van der Waals surface area contributed by atoms with Gasteiger partial charge in [-0.2, -0.15) is 8.78 Å². The van der Waals surface area contributed by atoms with Crippen LogP contribution >= 0.6 is 11.8 Å². The normalized spacial score (nSPS) is 27.0. The Bertz CT molecular complexity index is 483. The van der Waals surface area contributed by atoms with E-state index in [1.165, 1.54) is 25.8 Å². The summed E-state index contributed by atoms with van der Waals surface area (Å²) in [5, 5.41) is 0. The van der Waals surface area contributed by atoms with Crippen molar-refractivity contribution in [3.63, 3.8) is 0 Å². The summed E-state index contributed by atoms with van der Waals surface area (Å²) in [6.07, 6.45) is 3.81. The number of para-hydroxylation sites is 1. The van der Waals surface area contributed by atoms with Crippen molar-refractivity contribution in [2.75, 3.05) is 24.5 Å². The molecule has 0 saturated carbocycles. The first-order valence-corrected chi connectivity index (χ1v) is 8.57. The van der Waals surface area contributed by atoms with Crippen molar-refractivity contribution >= 4 is 17.4 Å². The number of anilines is 1. The van der Waals surface area contributed by atoms with Crippen LogP contribution in [-0.2, 0) is 0 Å². The maximum atomic E-state index is 12.8. The average Bonchev–Trinajstić information content (AvgIpc) is 2.47. The van der Waals surface area contributed by atoms with Crippen LogP contribution in [0.1, 0.15) is 26.2 Å². The Morgan fingerprint density at radius 2 is 2.00 bits per heavy atom. The summed E-state index contributed by atoms with van der Waals surface area (Å²) in [6, 6.07) is 8.55. The molecule has 2 atom stereocenters. The van der Waals surface area contributed by atoms with E-state index in [4.69, 9.17) is 0 Å². The lowest BCUT2D eigenvalue weighted by molar-refractivity contribution is 0.115. The van der Waals surface area contributed by atoms with Gasteiger partial charge in [0.25, 0.3) is 5.76 Å². The van der Waals surface area contributed by atoms with Gasteiger partial charge in [-0.15, -0.1) is 0 Å². The molecular formula is C16H22F2N2S. The van der Waals surface area contributed by atoms with Crippen molar-refractivity contribution < 1.29 is 8.78 Å². The van der Waals surface area contributed by atoms with Crippen LogP contribution in [0.4, 0.5) is 14.5 Å². The third kappa shape index (κ3) is 3.34. The number of hydrogen-bond donors (Lipinski definition) is 0. The summed E-state index contributed by atoms with van der Waals surface area (Å²) < 4.78 is 25.5. The van der Waals surface area contributed by atoms with E-state index < -0.39 is 5.76 Å². The lowest BCUT2D eigenvalue weighted by Gasteiger charge is -2.48. The molecule has 2 aliphatic heterocycles. The maximum Gasteiger partial charge on any atom is 0.288 e. The van der Waals surface area contributed by atoms with E-state index in [0.717, 1.165) is 18.8 Å². The van der Waals surface area contributed by atoms with Crippen LogP contribution in [0.15, 0.2) is 29.2 Å². The Kier molecular flexibility index (Phi) is 4.69. The molecule has 3 rings (SSSR count). The molecule has 0 bridgehead atoms. The van der Waals surface area contributed by atoms with Crippen molar-refractivity contribution in [3.05, 3.63) is 24.3 Å². The second kappa shape index (κ2) is 6.53. The number of thioether (sulfide) groups is 1. The molecule has 2 fully saturated rings. The minimum Gasteiger partial charge on any atom is -0.365 e. The first-order chi connectivity index (χ1) is 10.1. The van der Waals surface area contributed by atoms with Gasteiger partial charge in [0.15, 0.2) is 0 Å². The van der Waals surface area contributed by atoms with Crippen LogP contribution in [0, 0.1) is 0 Å². The average molecular weight is 312 g/mol. The van der Waals surface area contributed by atoms with E-state index >= 15 is 0 Å². The Balaban J connectivity index is 1.82. The quantitative estimate of drug-likeness (QED) is 0.777. The molecule has 1 aromatic rings. The first kappa shape index (κ1) is 15.1. The standard InChI is InChI=1S/C16H22F2N2S/c1-12-10-19-9-5-4-6-13(19)11-20(12)14-7-2-3-8-15(14)21-16(17)18/h2-3,7-8,12-13,16H,4-6,9-11H2,1H3. The van der Waals surface area contributed by atoms with E-state index in [0.29, 0.717) is 28.7 Å². The third-order valence-electron chi connectivity index (χ3n) is 4.58. The van der Waals surface area contributed by atoms with Gasteiger partial charge in [-0.3, -0.25) is 4.90 Å². The zero-order chi connectivity index (χ0) is 14.8. The molecule has 0 aromatic heterocycles. The Labute approximate surface area is 129 Å². The van der Waals surface area contributed by atoms with Crippen LogP contribution in [0.25, 0.3) is 0 Å². The van der Waals surface area contributed by atoms with Gasteiger partial charge in [-0.1, -0.05) is 30.3 Å². The van der Waals surface area contributed by atoms with Gasteiger partial charge < -0.3 is 4.90 Å². The number of piperidine rings is 1. The fraction of sp³-hybridized carbons (Fsp3) is 0.625. The number of benzene rings is 1. The molecule has 21 heavy (non-hydrogen) atoms. The largest absolute Gasteiger partial charge is 0.365 e. The predicted molar refractivity (Wildman–Crippen MR) is 84.3 cm³/mol. The van der Waals surface area contributed by atoms with Gasteiger partial charge in [-0.05, 0) is 38.4 Å². The maximum absolute atomic E-state index is 12.8. The van der Waals surface area contributed by atoms with Crippen LogP contribution in [-0.4, -0.2) is 42.4 Å². The highest BCUT2D eigenvalue weighted by molar-refractivity contribution is 7.99. The Hall–Kier alpha value is -0.810. The highest BCUT2D eigenvalue weighted by Gasteiger charge is 2.33. The van der Waals surface area contributed by atoms with Gasteiger partial charge in [0.1, 0.15) is 0 Å². The van der Waals surface area contributed by atoms with Crippen LogP contribution in [0.2, 0.25) is 0 Å². The van der Waals surface area contributed by atoms with Gasteiger partial charge in [0.2, 0.25) is 0 Å². The fourth-order valence-electron chi connectivity index (χ4n) is 3.58. The van der Waals surface area contributed by atoms with Crippen molar-refractivity contribution in [2.45, 2.75) is 48.9 Å². The van der Waals surface area contributed by atoms with E-state index in [1.807, 2.05) is 24.3 Å². The van der Waals surface area contributed by atoms with E-state index in [2.05, 4.69) is 16.7 Å². The zero-order valence-corrected chi connectivity index (χ0v) is 13.2. The number of piperazine rings is 1. The van der Waals surface area contributed by atoms with Crippen LogP contribution in [0.3, 0.4) is 0 Å². The number of halogens is 2. The molecule has 2 aliphatic rings. The first-order valence-electron chi connectivity index (χ1n) is 7.69. The second-order valence-corrected chi connectivity index (χ2v) is 7.02. The molecule has 2 saturated heterocycles. The number of alkyl halides is 2. The lowest BCUT2D eigenvalue weighted by Crippen LogP contribution is -2.59. The van der Waals surface area contributed by atoms with Gasteiger partial charge in [0, 0.05) is 30.1 Å². The zero-order valence-electron chi connectivity index (χ0n) is 12.3. The van der Waals surface area contributed by atoms with Crippen LogP contribution < -0.4 is 4.90 Å². The smallest absolute Gasteiger partial charge is 0.288 e. The molecular weight excluding hydrogens is 290 g/mol. The molecule has 0 radical (unpaired) electrons. The molecule has 0 spiro atoms. The summed E-state index contributed by atoms with van der Waals surface area (Å²) in [5.74, 6) is -2.36. The summed E-state index contributed by atoms with van der Waals surface area (Å²) in [4.78, 5) is 5.61. The number of rotatable bonds is 3. The van der Waals surface area contributed by atoms with Crippen LogP contribution in [0.5, 0.6) is 0 Å².